The van der Waals surface area contributed by atoms with Gasteiger partial charge >= 0.3 is 0 Å². The Morgan fingerprint density at radius 3 is 2.90 bits per heavy atom. The van der Waals surface area contributed by atoms with Gasteiger partial charge in [-0.3, -0.25) is 9.59 Å². The number of aryl methyl sites for hydroxylation is 1. The van der Waals surface area contributed by atoms with Gasteiger partial charge in [0.1, 0.15) is 0 Å². The van der Waals surface area contributed by atoms with Crippen LogP contribution in [0, 0.1) is 6.92 Å². The molecule has 1 aromatic rings. The lowest BCUT2D eigenvalue weighted by molar-refractivity contribution is -0.127. The van der Waals surface area contributed by atoms with Crippen molar-refractivity contribution in [2.45, 2.75) is 32.7 Å². The first kappa shape index (κ1) is 14.4. The molecule has 1 unspecified atom stereocenters. The van der Waals surface area contributed by atoms with Crippen LogP contribution < -0.4 is 11.1 Å². The maximum atomic E-state index is 12.2. The molecule has 20 heavy (non-hydrogen) atoms. The topological polar surface area (TPSA) is 75.4 Å². The lowest BCUT2D eigenvalue weighted by Crippen LogP contribution is -2.42. The summed E-state index contributed by atoms with van der Waals surface area (Å²) in [6.45, 7) is 5.11. The van der Waals surface area contributed by atoms with Crippen molar-refractivity contribution in [3.05, 3.63) is 29.3 Å². The fourth-order valence-electron chi connectivity index (χ4n) is 2.45. The van der Waals surface area contributed by atoms with Crippen molar-refractivity contribution >= 4 is 17.5 Å². The molecule has 1 aromatic carbocycles. The van der Waals surface area contributed by atoms with E-state index in [0.717, 1.165) is 18.5 Å². The predicted molar refractivity (Wildman–Crippen MR) is 78.3 cm³/mol. The number of carbonyl (C=O) groups is 2. The molecule has 1 aliphatic heterocycles. The van der Waals surface area contributed by atoms with E-state index in [1.807, 2.05) is 26.0 Å². The van der Waals surface area contributed by atoms with Crippen molar-refractivity contribution in [1.29, 1.82) is 0 Å². The second kappa shape index (κ2) is 5.94. The van der Waals surface area contributed by atoms with Gasteiger partial charge in [-0.15, -0.1) is 0 Å². The van der Waals surface area contributed by atoms with Crippen LogP contribution in [-0.4, -0.2) is 35.8 Å². The van der Waals surface area contributed by atoms with E-state index in [0.29, 0.717) is 24.2 Å². The predicted octanol–water partition coefficient (Wildman–Crippen LogP) is 1.32. The molecule has 0 aliphatic carbocycles. The van der Waals surface area contributed by atoms with Crippen LogP contribution in [-0.2, 0) is 4.79 Å². The minimum Gasteiger partial charge on any atom is -0.398 e. The van der Waals surface area contributed by atoms with Gasteiger partial charge in [-0.25, -0.2) is 0 Å². The van der Waals surface area contributed by atoms with Gasteiger partial charge in [-0.2, -0.15) is 0 Å². The molecule has 5 nitrogen and oxygen atoms in total. The summed E-state index contributed by atoms with van der Waals surface area (Å²) in [7, 11) is 0. The number of nitrogens with one attached hydrogen (secondary N) is 1. The molecular formula is C15H21N3O2. The second-order valence-corrected chi connectivity index (χ2v) is 5.35. The molecular weight excluding hydrogens is 254 g/mol. The smallest absolute Gasteiger partial charge is 0.253 e. The van der Waals surface area contributed by atoms with Crippen LogP contribution >= 0.6 is 0 Å². The molecule has 1 atom stereocenters. The van der Waals surface area contributed by atoms with Crippen molar-refractivity contribution < 1.29 is 9.59 Å². The van der Waals surface area contributed by atoms with E-state index in [-0.39, 0.29) is 17.9 Å². The van der Waals surface area contributed by atoms with Crippen molar-refractivity contribution in [2.24, 2.45) is 0 Å². The summed E-state index contributed by atoms with van der Waals surface area (Å²) in [5.41, 5.74) is 7.81. The number of para-hydroxylation sites is 1. The summed E-state index contributed by atoms with van der Waals surface area (Å²) in [6.07, 6.45) is 1.52. The van der Waals surface area contributed by atoms with Crippen LogP contribution in [0.15, 0.2) is 18.2 Å². The minimum absolute atomic E-state index is 0.0931. The molecule has 1 aliphatic rings. The zero-order chi connectivity index (χ0) is 14.7. The maximum absolute atomic E-state index is 12.2. The normalized spacial score (nSPS) is 16.3. The molecule has 5 heteroatoms. The highest BCUT2D eigenvalue weighted by Gasteiger charge is 2.22. The Morgan fingerprint density at radius 1 is 1.50 bits per heavy atom. The number of nitrogen functional groups attached to an aromatic ring is 1. The Labute approximate surface area is 119 Å². The Kier molecular flexibility index (Phi) is 4.27. The van der Waals surface area contributed by atoms with E-state index in [2.05, 4.69) is 5.32 Å². The fourth-order valence-corrected chi connectivity index (χ4v) is 2.45. The van der Waals surface area contributed by atoms with Crippen molar-refractivity contribution in [1.82, 2.24) is 10.2 Å². The summed E-state index contributed by atoms with van der Waals surface area (Å²) < 4.78 is 0. The highest BCUT2D eigenvalue weighted by molar-refractivity contribution is 5.99. The van der Waals surface area contributed by atoms with Crippen LogP contribution in [0.1, 0.15) is 35.7 Å². The highest BCUT2D eigenvalue weighted by atomic mass is 16.2. The molecule has 1 saturated heterocycles. The molecule has 1 fully saturated rings. The Balaban J connectivity index is 1.97. The van der Waals surface area contributed by atoms with Gasteiger partial charge in [-0.1, -0.05) is 12.1 Å². The number of carbonyl (C=O) groups excluding carboxylic acids is 2. The van der Waals surface area contributed by atoms with Gasteiger partial charge in [0.05, 0.1) is 5.56 Å². The molecule has 1 heterocycles. The van der Waals surface area contributed by atoms with Gasteiger partial charge in [0.2, 0.25) is 5.91 Å². The fraction of sp³-hybridized carbons (Fsp3) is 0.467. The van der Waals surface area contributed by atoms with E-state index in [1.165, 1.54) is 0 Å². The monoisotopic (exact) mass is 275 g/mol. The quantitative estimate of drug-likeness (QED) is 0.814. The number of likely N-dealkylation sites (tertiary alicyclic amines) is 1. The molecule has 3 N–H and O–H groups in total. The molecule has 0 spiro atoms. The SMILES string of the molecule is Cc1cccc(C(=O)NC(C)CN2CCCC2=O)c1N. The first-order valence-electron chi connectivity index (χ1n) is 6.92. The summed E-state index contributed by atoms with van der Waals surface area (Å²) in [6, 6.07) is 5.31. The number of benzene rings is 1. The zero-order valence-corrected chi connectivity index (χ0v) is 12.0. The van der Waals surface area contributed by atoms with Crippen molar-refractivity contribution in [2.75, 3.05) is 18.8 Å². The second-order valence-electron chi connectivity index (χ2n) is 5.35. The van der Waals surface area contributed by atoms with E-state index >= 15 is 0 Å². The standard InChI is InChI=1S/C15H21N3O2/c1-10-5-3-6-12(14(10)16)15(20)17-11(2)9-18-8-4-7-13(18)19/h3,5-6,11H,4,7-9,16H2,1-2H3,(H,17,20). The average molecular weight is 275 g/mol. The third-order valence-corrected chi connectivity index (χ3v) is 3.61. The molecule has 2 rings (SSSR count). The maximum Gasteiger partial charge on any atom is 0.253 e. The first-order valence-corrected chi connectivity index (χ1v) is 6.92. The number of hydrogen-bond acceptors (Lipinski definition) is 3. The lowest BCUT2D eigenvalue weighted by Gasteiger charge is -2.22. The number of amides is 2. The van der Waals surface area contributed by atoms with Gasteiger partial charge in [0.15, 0.2) is 0 Å². The van der Waals surface area contributed by atoms with Crippen molar-refractivity contribution in [3.8, 4) is 0 Å². The van der Waals surface area contributed by atoms with Crippen LogP contribution in [0.25, 0.3) is 0 Å². The molecule has 0 bridgehead atoms. The number of nitrogens with zero attached hydrogens (tertiary/aromatic N) is 1. The van der Waals surface area contributed by atoms with Crippen molar-refractivity contribution in [3.63, 3.8) is 0 Å². The molecule has 0 radical (unpaired) electrons. The van der Waals surface area contributed by atoms with E-state index in [9.17, 15) is 9.59 Å². The lowest BCUT2D eigenvalue weighted by atomic mass is 10.1. The van der Waals surface area contributed by atoms with E-state index < -0.39 is 0 Å². The Hall–Kier alpha value is -2.04. The minimum atomic E-state index is -0.189. The number of nitrogens with two attached hydrogens (primary N) is 1. The summed E-state index contributed by atoms with van der Waals surface area (Å²) in [4.78, 5) is 25.5. The third kappa shape index (κ3) is 3.10. The third-order valence-electron chi connectivity index (χ3n) is 3.61. The summed E-state index contributed by atoms with van der Waals surface area (Å²) in [5, 5.41) is 2.90. The van der Waals surface area contributed by atoms with E-state index in [1.54, 1.807) is 11.0 Å². The van der Waals surface area contributed by atoms with Gasteiger partial charge in [0.25, 0.3) is 5.91 Å². The van der Waals surface area contributed by atoms with Crippen LogP contribution in [0.3, 0.4) is 0 Å². The van der Waals surface area contributed by atoms with E-state index in [4.69, 9.17) is 5.73 Å². The van der Waals surface area contributed by atoms with Crippen LogP contribution in [0.4, 0.5) is 5.69 Å². The van der Waals surface area contributed by atoms with Gasteiger partial charge < -0.3 is 16.0 Å². The molecule has 0 saturated carbocycles. The Morgan fingerprint density at radius 2 is 2.25 bits per heavy atom. The molecule has 2 amide bonds. The van der Waals surface area contributed by atoms with Gasteiger partial charge in [0, 0.05) is 31.2 Å². The molecule has 0 aromatic heterocycles. The van der Waals surface area contributed by atoms with Gasteiger partial charge in [-0.05, 0) is 31.9 Å². The first-order chi connectivity index (χ1) is 9.49. The Bertz CT molecular complexity index is 528. The van der Waals surface area contributed by atoms with Crippen LogP contribution in [0.5, 0.6) is 0 Å². The highest BCUT2D eigenvalue weighted by Crippen LogP contribution is 2.16. The largest absolute Gasteiger partial charge is 0.398 e. The zero-order valence-electron chi connectivity index (χ0n) is 12.0. The van der Waals surface area contributed by atoms with Crippen LogP contribution in [0.2, 0.25) is 0 Å². The average Bonchev–Trinajstić information content (AvgIpc) is 2.78. The summed E-state index contributed by atoms with van der Waals surface area (Å²) in [5.74, 6) is -0.0217. The number of hydrogen-bond donors (Lipinski definition) is 2. The molecule has 108 valence electrons. The number of anilines is 1. The summed E-state index contributed by atoms with van der Waals surface area (Å²) >= 11 is 0. The number of rotatable bonds is 4.